The van der Waals surface area contributed by atoms with E-state index < -0.39 is 0 Å². The van der Waals surface area contributed by atoms with Crippen molar-refractivity contribution in [3.8, 4) is 0 Å². The molecule has 2 heteroatoms. The van der Waals surface area contributed by atoms with E-state index in [2.05, 4.69) is 36.4 Å². The van der Waals surface area contributed by atoms with Crippen LogP contribution in [-0.2, 0) is 4.74 Å². The fourth-order valence-electron chi connectivity index (χ4n) is 3.48. The van der Waals surface area contributed by atoms with Crippen molar-refractivity contribution in [2.75, 3.05) is 6.61 Å². The monoisotopic (exact) mass is 336 g/mol. The van der Waals surface area contributed by atoms with Crippen LogP contribution in [0.5, 0.6) is 0 Å². The third-order valence-corrected chi connectivity index (χ3v) is 7.15. The Morgan fingerprint density at radius 1 is 1.12 bits per heavy atom. The van der Waals surface area contributed by atoms with E-state index in [1.165, 1.54) is 44.9 Å². The van der Waals surface area contributed by atoms with Gasteiger partial charge in [0.25, 0.3) is 0 Å². The van der Waals surface area contributed by atoms with Crippen LogP contribution in [0.15, 0.2) is 0 Å². The van der Waals surface area contributed by atoms with Crippen LogP contribution in [0.1, 0.15) is 58.8 Å². The number of halogens is 1. The molecule has 0 bridgehead atoms. The zero-order chi connectivity index (χ0) is 11.6. The highest BCUT2D eigenvalue weighted by Crippen LogP contribution is 2.49. The van der Waals surface area contributed by atoms with Crippen LogP contribution in [0.3, 0.4) is 0 Å². The molecule has 1 saturated heterocycles. The summed E-state index contributed by atoms with van der Waals surface area (Å²) in [6, 6.07) is 0. The lowest BCUT2D eigenvalue weighted by Crippen LogP contribution is -2.47. The van der Waals surface area contributed by atoms with E-state index in [1.807, 2.05) is 0 Å². The average molecular weight is 336 g/mol. The van der Waals surface area contributed by atoms with E-state index in [4.69, 9.17) is 4.74 Å². The molecule has 2 aliphatic rings. The van der Waals surface area contributed by atoms with Crippen LogP contribution < -0.4 is 0 Å². The van der Waals surface area contributed by atoms with Gasteiger partial charge in [-0.15, -0.1) is 0 Å². The Hall–Kier alpha value is 0.690. The second-order valence-electron chi connectivity index (χ2n) is 5.84. The Kier molecular flexibility index (Phi) is 4.56. The Morgan fingerprint density at radius 2 is 1.88 bits per heavy atom. The van der Waals surface area contributed by atoms with Crippen LogP contribution in [0.25, 0.3) is 0 Å². The van der Waals surface area contributed by atoms with Gasteiger partial charge in [-0.2, -0.15) is 0 Å². The van der Waals surface area contributed by atoms with Crippen molar-refractivity contribution in [3.63, 3.8) is 0 Å². The van der Waals surface area contributed by atoms with Crippen molar-refractivity contribution in [3.05, 3.63) is 0 Å². The summed E-state index contributed by atoms with van der Waals surface area (Å²) in [5.41, 5.74) is 0. The van der Waals surface area contributed by atoms with Gasteiger partial charge in [-0.3, -0.25) is 0 Å². The molecule has 1 aliphatic heterocycles. The molecule has 94 valence electrons. The topological polar surface area (TPSA) is 9.23 Å². The molecule has 0 spiro atoms. The lowest BCUT2D eigenvalue weighted by atomic mass is 9.70. The molecule has 1 saturated carbocycles. The minimum absolute atomic E-state index is 0.498. The molecule has 0 N–H and O–H groups in total. The van der Waals surface area contributed by atoms with Gasteiger partial charge in [-0.1, -0.05) is 49.3 Å². The van der Waals surface area contributed by atoms with Gasteiger partial charge < -0.3 is 4.74 Å². The summed E-state index contributed by atoms with van der Waals surface area (Å²) in [6.07, 6.45) is 10.2. The van der Waals surface area contributed by atoms with Gasteiger partial charge in [0.2, 0.25) is 0 Å². The summed E-state index contributed by atoms with van der Waals surface area (Å²) in [4.78, 5) is 0. The summed E-state index contributed by atoms with van der Waals surface area (Å²) in [6.45, 7) is 5.80. The number of rotatable bonds is 2. The Labute approximate surface area is 114 Å². The third-order valence-electron chi connectivity index (χ3n) is 4.56. The van der Waals surface area contributed by atoms with Crippen LogP contribution in [0.4, 0.5) is 0 Å². The fraction of sp³-hybridized carbons (Fsp3) is 1.00. The van der Waals surface area contributed by atoms with Crippen molar-refractivity contribution < 1.29 is 4.74 Å². The van der Waals surface area contributed by atoms with Crippen molar-refractivity contribution in [1.82, 2.24) is 0 Å². The second-order valence-corrected chi connectivity index (χ2v) is 7.85. The Bertz CT molecular complexity index is 223. The minimum Gasteiger partial charge on any atom is -0.378 e. The normalized spacial score (nSPS) is 41.2. The van der Waals surface area contributed by atoms with Gasteiger partial charge in [-0.25, -0.2) is 0 Å². The van der Waals surface area contributed by atoms with Crippen LogP contribution in [0, 0.1) is 11.8 Å². The molecule has 0 aromatic rings. The van der Waals surface area contributed by atoms with Crippen LogP contribution in [0.2, 0.25) is 0 Å². The van der Waals surface area contributed by atoms with Gasteiger partial charge in [-0.05, 0) is 43.9 Å². The fourth-order valence-corrected chi connectivity index (χ4v) is 4.57. The lowest BCUT2D eigenvalue weighted by Gasteiger charge is -2.47. The Balaban J connectivity index is 2.09. The quantitative estimate of drug-likeness (QED) is 0.530. The molecule has 3 atom stereocenters. The summed E-state index contributed by atoms with van der Waals surface area (Å²) in [7, 11) is 0. The van der Waals surface area contributed by atoms with Crippen molar-refractivity contribution in [2.24, 2.45) is 11.8 Å². The molecule has 1 heterocycles. The van der Waals surface area contributed by atoms with Crippen molar-refractivity contribution in [2.45, 2.75) is 68.3 Å². The number of hydrogen-bond acceptors (Lipinski definition) is 1. The maximum atomic E-state index is 6.06. The average Bonchev–Trinajstić information content (AvgIpc) is 2.30. The molecule has 3 unspecified atom stereocenters. The first-order valence-electron chi connectivity index (χ1n) is 6.95. The van der Waals surface area contributed by atoms with Crippen LogP contribution in [-0.4, -0.2) is 16.1 Å². The van der Waals surface area contributed by atoms with E-state index in [-0.39, 0.29) is 0 Å². The highest BCUT2D eigenvalue weighted by atomic mass is 127. The van der Waals surface area contributed by atoms with Crippen molar-refractivity contribution in [1.29, 1.82) is 0 Å². The van der Waals surface area contributed by atoms with E-state index >= 15 is 0 Å². The van der Waals surface area contributed by atoms with Gasteiger partial charge in [0.05, 0.1) is 6.10 Å². The molecule has 2 fully saturated rings. The first-order chi connectivity index (χ1) is 7.64. The van der Waals surface area contributed by atoms with Gasteiger partial charge in [0.15, 0.2) is 0 Å². The largest absolute Gasteiger partial charge is 0.378 e. The zero-order valence-corrected chi connectivity index (χ0v) is 12.8. The summed E-state index contributed by atoms with van der Waals surface area (Å²) < 4.78 is 6.56. The second kappa shape index (κ2) is 5.55. The van der Waals surface area contributed by atoms with E-state index in [1.54, 1.807) is 0 Å². The van der Waals surface area contributed by atoms with E-state index in [0.29, 0.717) is 9.53 Å². The molecule has 0 aromatic heterocycles. The highest BCUT2D eigenvalue weighted by molar-refractivity contribution is 14.1. The predicted molar refractivity (Wildman–Crippen MR) is 77.1 cm³/mol. The maximum absolute atomic E-state index is 6.06. The molecule has 0 aromatic carbocycles. The molecule has 0 amide bonds. The zero-order valence-electron chi connectivity index (χ0n) is 10.7. The first kappa shape index (κ1) is 13.1. The first-order valence-corrected chi connectivity index (χ1v) is 8.03. The summed E-state index contributed by atoms with van der Waals surface area (Å²) in [5, 5.41) is 0. The minimum atomic E-state index is 0.498. The number of ether oxygens (including phenoxy) is 1. The highest BCUT2D eigenvalue weighted by Gasteiger charge is 2.45. The molecule has 1 nitrogen and oxygen atoms in total. The van der Waals surface area contributed by atoms with Gasteiger partial charge >= 0.3 is 0 Å². The molecular formula is C14H25IO. The number of hydrogen-bond donors (Lipinski definition) is 0. The molecule has 2 rings (SSSR count). The van der Waals surface area contributed by atoms with Gasteiger partial charge in [0, 0.05) is 10.0 Å². The van der Waals surface area contributed by atoms with Crippen LogP contribution >= 0.6 is 22.6 Å². The molecule has 16 heavy (non-hydrogen) atoms. The standard InChI is InChI=1S/C14H25IO/c1-11(2)14(15)9-5-3-7-12(14)13-8-4-6-10-16-13/h11-13H,3-10H2,1-2H3. The van der Waals surface area contributed by atoms with Gasteiger partial charge in [0.1, 0.15) is 0 Å². The van der Waals surface area contributed by atoms with E-state index in [0.717, 1.165) is 18.4 Å². The predicted octanol–water partition coefficient (Wildman–Crippen LogP) is 4.58. The number of alkyl halides is 1. The van der Waals surface area contributed by atoms with Crippen molar-refractivity contribution >= 4 is 22.6 Å². The lowest BCUT2D eigenvalue weighted by molar-refractivity contribution is -0.0441. The SMILES string of the molecule is CC(C)C1(I)CCCCC1C1CCCCO1. The summed E-state index contributed by atoms with van der Waals surface area (Å²) >= 11 is 2.76. The molecule has 1 aliphatic carbocycles. The summed E-state index contributed by atoms with van der Waals surface area (Å²) in [5.74, 6) is 1.59. The van der Waals surface area contributed by atoms with E-state index in [9.17, 15) is 0 Å². The Morgan fingerprint density at radius 3 is 2.50 bits per heavy atom. The molecular weight excluding hydrogens is 311 g/mol. The maximum Gasteiger partial charge on any atom is 0.0616 e. The molecule has 0 radical (unpaired) electrons. The smallest absolute Gasteiger partial charge is 0.0616 e. The third kappa shape index (κ3) is 2.58.